The second-order valence-electron chi connectivity index (χ2n) is 28.0. The lowest BCUT2D eigenvalue weighted by molar-refractivity contribution is -0.870. The van der Waals surface area contributed by atoms with Crippen molar-refractivity contribution in [2.75, 3.05) is 47.5 Å². The molecule has 0 heterocycles. The van der Waals surface area contributed by atoms with Gasteiger partial charge in [-0.25, -0.2) is 0 Å². The van der Waals surface area contributed by atoms with Gasteiger partial charge in [-0.15, -0.1) is 0 Å². The molecule has 0 aromatic carbocycles. The van der Waals surface area contributed by atoms with Crippen LogP contribution in [-0.2, 0) is 33.3 Å². The quantitative estimate of drug-likeness (QED) is 0.0256. The number of hydrogen-bond donors (Lipinski definition) is 0. The first-order chi connectivity index (χ1) is 42.1. The van der Waals surface area contributed by atoms with Crippen molar-refractivity contribution in [1.29, 1.82) is 0 Å². The standard InChI is InChI=1S/C77H151NO8/c1-6-8-10-12-14-16-18-20-22-24-26-28-30-32-34-36-37-38-39-40-42-44-46-48-50-52-54-56-58-60-62-64-66-68-75(80)86-73(72-85-77(76(81)82)83-70-69-78(3,4)5)71-84-74(79)67-65-63-61-59-57-55-53-51-49-47-45-43-41-35-33-31-29-27-25-23-21-19-17-15-13-11-9-7-2/h73,77H,6-72H2,1-5H3. The van der Waals surface area contributed by atoms with Gasteiger partial charge in [0, 0.05) is 12.8 Å². The molecular formula is C77H151NO8. The summed E-state index contributed by atoms with van der Waals surface area (Å²) in [5.74, 6) is -2.24. The summed E-state index contributed by atoms with van der Waals surface area (Å²) in [5, 5.41) is 11.8. The monoisotopic (exact) mass is 1220 g/mol. The Kier molecular flexibility index (Phi) is 67.8. The van der Waals surface area contributed by atoms with Gasteiger partial charge in [0.05, 0.1) is 40.3 Å². The molecule has 0 spiro atoms. The Labute approximate surface area is 536 Å². The average Bonchev–Trinajstić information content (AvgIpc) is 3.64. The largest absolute Gasteiger partial charge is 0.545 e. The van der Waals surface area contributed by atoms with Gasteiger partial charge in [-0.1, -0.05) is 393 Å². The molecule has 9 heteroatoms. The number of aliphatic carboxylic acids is 1. The molecule has 0 fully saturated rings. The molecule has 2 atom stereocenters. The number of esters is 2. The van der Waals surface area contributed by atoms with Gasteiger partial charge in [0.15, 0.2) is 12.4 Å². The Bertz CT molecular complexity index is 1370. The topological polar surface area (TPSA) is 111 Å². The Morgan fingerprint density at radius 3 is 0.744 bits per heavy atom. The van der Waals surface area contributed by atoms with Crippen molar-refractivity contribution < 1.29 is 42.9 Å². The number of carbonyl (C=O) groups excluding carboxylic acids is 3. The molecule has 0 amide bonds. The van der Waals surface area contributed by atoms with Gasteiger partial charge >= 0.3 is 11.9 Å². The van der Waals surface area contributed by atoms with E-state index in [-0.39, 0.29) is 32.2 Å². The third-order valence-electron chi connectivity index (χ3n) is 18.1. The second-order valence-corrected chi connectivity index (χ2v) is 28.0. The normalized spacial score (nSPS) is 12.5. The number of unbranched alkanes of at least 4 members (excludes halogenated alkanes) is 59. The second kappa shape index (κ2) is 69.2. The average molecular weight is 1220 g/mol. The third kappa shape index (κ3) is 69.8. The molecule has 0 aliphatic carbocycles. The summed E-state index contributed by atoms with van der Waals surface area (Å²) in [7, 11) is 5.96. The predicted octanol–water partition coefficient (Wildman–Crippen LogP) is 22.9. The summed E-state index contributed by atoms with van der Waals surface area (Å²) < 4.78 is 22.9. The molecule has 0 aromatic heterocycles. The van der Waals surface area contributed by atoms with Crippen LogP contribution in [0.1, 0.15) is 418 Å². The van der Waals surface area contributed by atoms with Crippen LogP contribution in [-0.4, -0.2) is 82.3 Å². The van der Waals surface area contributed by atoms with Gasteiger partial charge < -0.3 is 33.3 Å². The zero-order valence-electron chi connectivity index (χ0n) is 58.7. The summed E-state index contributed by atoms with van der Waals surface area (Å²) in [6, 6.07) is 0. The van der Waals surface area contributed by atoms with Gasteiger partial charge in [0.2, 0.25) is 0 Å². The number of ether oxygens (including phenoxy) is 4. The summed E-state index contributed by atoms with van der Waals surface area (Å²) in [6.07, 6.45) is 80.8. The number of carbonyl (C=O) groups is 3. The molecule has 0 bridgehead atoms. The molecule has 0 rings (SSSR count). The number of nitrogens with zero attached hydrogens (tertiary/aromatic N) is 1. The van der Waals surface area contributed by atoms with E-state index in [4.69, 9.17) is 18.9 Å². The fourth-order valence-corrected chi connectivity index (χ4v) is 12.2. The van der Waals surface area contributed by atoms with Crippen LogP contribution in [0.3, 0.4) is 0 Å². The maximum Gasteiger partial charge on any atom is 0.306 e. The Morgan fingerprint density at radius 2 is 0.523 bits per heavy atom. The van der Waals surface area contributed by atoms with Crippen molar-refractivity contribution in [2.24, 2.45) is 0 Å². The molecule has 0 aliphatic heterocycles. The number of quaternary nitrogens is 1. The number of likely N-dealkylation sites (N-methyl/N-ethyl adjacent to an activating group) is 1. The van der Waals surface area contributed by atoms with E-state index in [0.29, 0.717) is 17.4 Å². The summed E-state index contributed by atoms with van der Waals surface area (Å²) in [5.41, 5.74) is 0. The first kappa shape index (κ1) is 84.3. The van der Waals surface area contributed by atoms with E-state index >= 15 is 0 Å². The molecule has 0 N–H and O–H groups in total. The van der Waals surface area contributed by atoms with Crippen LogP contribution in [0.25, 0.3) is 0 Å². The first-order valence-electron chi connectivity index (χ1n) is 38.7. The maximum atomic E-state index is 13.0. The predicted molar refractivity (Wildman–Crippen MR) is 367 cm³/mol. The maximum absolute atomic E-state index is 13.0. The smallest absolute Gasteiger partial charge is 0.306 e. The molecule has 0 aliphatic rings. The van der Waals surface area contributed by atoms with Crippen LogP contribution in [0.5, 0.6) is 0 Å². The van der Waals surface area contributed by atoms with Crippen LogP contribution >= 0.6 is 0 Å². The zero-order valence-corrected chi connectivity index (χ0v) is 58.7. The highest BCUT2D eigenvalue weighted by Gasteiger charge is 2.22. The minimum Gasteiger partial charge on any atom is -0.545 e. The van der Waals surface area contributed by atoms with Gasteiger partial charge in [-0.3, -0.25) is 9.59 Å². The molecule has 512 valence electrons. The number of carboxylic acids is 1. The van der Waals surface area contributed by atoms with Crippen LogP contribution in [0.15, 0.2) is 0 Å². The SMILES string of the molecule is CCCCCCCCCCCCCCCCCCCCCCCCCCCCCCCCCCCC(=O)OC(COC(=O)CCCCCCCCCCCCCCCCCCCCCCCCCCCCCC)COC(OCC[N+](C)(C)C)C(=O)[O-]. The Hall–Kier alpha value is -1.71. The lowest BCUT2D eigenvalue weighted by Crippen LogP contribution is -2.44. The van der Waals surface area contributed by atoms with Crippen molar-refractivity contribution in [1.82, 2.24) is 0 Å². The molecule has 86 heavy (non-hydrogen) atoms. The van der Waals surface area contributed by atoms with Crippen LogP contribution < -0.4 is 5.11 Å². The third-order valence-corrected chi connectivity index (χ3v) is 18.1. The molecule has 0 radical (unpaired) electrons. The molecular weight excluding hydrogens is 1070 g/mol. The van der Waals surface area contributed by atoms with Crippen LogP contribution in [0.4, 0.5) is 0 Å². The van der Waals surface area contributed by atoms with Crippen molar-refractivity contribution in [3.8, 4) is 0 Å². The minimum absolute atomic E-state index is 0.154. The van der Waals surface area contributed by atoms with E-state index in [9.17, 15) is 19.5 Å². The highest BCUT2D eigenvalue weighted by Crippen LogP contribution is 2.20. The van der Waals surface area contributed by atoms with Crippen LogP contribution in [0.2, 0.25) is 0 Å². The first-order valence-corrected chi connectivity index (χ1v) is 38.7. The van der Waals surface area contributed by atoms with E-state index in [1.165, 1.54) is 353 Å². The lowest BCUT2D eigenvalue weighted by Gasteiger charge is -2.26. The zero-order chi connectivity index (χ0) is 62.6. The van der Waals surface area contributed by atoms with Crippen molar-refractivity contribution in [3.05, 3.63) is 0 Å². The van der Waals surface area contributed by atoms with E-state index < -0.39 is 24.3 Å². The summed E-state index contributed by atoms with van der Waals surface area (Å²) in [4.78, 5) is 37.6. The summed E-state index contributed by atoms with van der Waals surface area (Å²) in [6.45, 7) is 4.85. The van der Waals surface area contributed by atoms with Gasteiger partial charge in [-0.2, -0.15) is 0 Å². The van der Waals surface area contributed by atoms with E-state index in [2.05, 4.69) is 13.8 Å². The molecule has 0 saturated heterocycles. The molecule has 2 unspecified atom stereocenters. The highest BCUT2D eigenvalue weighted by atomic mass is 16.7. The van der Waals surface area contributed by atoms with Crippen molar-refractivity contribution in [3.63, 3.8) is 0 Å². The van der Waals surface area contributed by atoms with E-state index in [0.717, 1.165) is 38.5 Å². The van der Waals surface area contributed by atoms with E-state index in [1.807, 2.05) is 21.1 Å². The number of carboxylic acid groups (broad SMARTS) is 1. The van der Waals surface area contributed by atoms with E-state index in [1.54, 1.807) is 0 Å². The minimum atomic E-state index is -1.62. The van der Waals surface area contributed by atoms with Crippen molar-refractivity contribution >= 4 is 17.9 Å². The highest BCUT2D eigenvalue weighted by molar-refractivity contribution is 5.70. The van der Waals surface area contributed by atoms with Gasteiger partial charge in [-0.05, 0) is 12.8 Å². The molecule has 0 aromatic rings. The fourth-order valence-electron chi connectivity index (χ4n) is 12.2. The molecule has 9 nitrogen and oxygen atoms in total. The van der Waals surface area contributed by atoms with Gasteiger partial charge in [0.1, 0.15) is 13.2 Å². The summed E-state index contributed by atoms with van der Waals surface area (Å²) >= 11 is 0. The number of hydrogen-bond acceptors (Lipinski definition) is 8. The lowest BCUT2D eigenvalue weighted by atomic mass is 10.0. The van der Waals surface area contributed by atoms with Gasteiger partial charge in [0.25, 0.3) is 0 Å². The number of rotatable bonds is 74. The Morgan fingerprint density at radius 1 is 0.302 bits per heavy atom. The van der Waals surface area contributed by atoms with Crippen LogP contribution in [0, 0.1) is 0 Å². The van der Waals surface area contributed by atoms with Crippen molar-refractivity contribution in [2.45, 2.75) is 431 Å². The molecule has 0 saturated carbocycles. The Balaban J connectivity index is 3.97. The fraction of sp³-hybridized carbons (Fsp3) is 0.961.